The molecule has 1 aliphatic rings. The number of nitrogens with two attached hydrogens (primary N) is 1. The third kappa shape index (κ3) is 1.64. The molecular formula is C12H11N5O. The number of hydrogen-bond acceptors (Lipinski definition) is 5. The molecule has 1 aromatic heterocycles. The second-order valence-corrected chi connectivity index (χ2v) is 3.95. The number of anilines is 4. The van der Waals surface area contributed by atoms with E-state index < -0.39 is 0 Å². The van der Waals surface area contributed by atoms with Gasteiger partial charge >= 0.3 is 0 Å². The van der Waals surface area contributed by atoms with Crippen molar-refractivity contribution in [2.45, 2.75) is 0 Å². The van der Waals surface area contributed by atoms with Crippen molar-refractivity contribution in [3.8, 4) is 0 Å². The molecule has 1 amide bonds. The van der Waals surface area contributed by atoms with E-state index in [9.17, 15) is 4.79 Å². The van der Waals surface area contributed by atoms with Gasteiger partial charge in [-0.15, -0.1) is 0 Å². The summed E-state index contributed by atoms with van der Waals surface area (Å²) in [6.45, 7) is 0.193. The summed E-state index contributed by atoms with van der Waals surface area (Å²) in [6.07, 6.45) is 2.94. The summed E-state index contributed by atoms with van der Waals surface area (Å²) in [5.41, 5.74) is 7.94. The predicted molar refractivity (Wildman–Crippen MR) is 68.5 cm³/mol. The van der Waals surface area contributed by atoms with Gasteiger partial charge in [-0.25, -0.2) is 9.97 Å². The highest BCUT2D eigenvalue weighted by Crippen LogP contribution is 2.35. The van der Waals surface area contributed by atoms with Crippen LogP contribution < -0.4 is 16.0 Å². The molecule has 3 rings (SSSR count). The van der Waals surface area contributed by atoms with E-state index in [-0.39, 0.29) is 12.5 Å². The molecule has 2 aromatic rings. The smallest absolute Gasteiger partial charge is 0.244 e. The van der Waals surface area contributed by atoms with Crippen molar-refractivity contribution >= 4 is 28.8 Å². The minimum atomic E-state index is -0.0910. The quantitative estimate of drug-likeness (QED) is 0.782. The second-order valence-electron chi connectivity index (χ2n) is 3.95. The Hall–Kier alpha value is -2.63. The summed E-state index contributed by atoms with van der Waals surface area (Å²) in [5.74, 6) is 0.457. The van der Waals surface area contributed by atoms with Crippen molar-refractivity contribution in [1.29, 1.82) is 0 Å². The van der Waals surface area contributed by atoms with Crippen LogP contribution >= 0.6 is 0 Å². The Bertz CT molecular complexity index is 613. The first-order valence-corrected chi connectivity index (χ1v) is 5.47. The molecule has 2 heterocycles. The monoisotopic (exact) mass is 241 g/mol. The number of hydrogen-bond donors (Lipinski definition) is 2. The first-order chi connectivity index (χ1) is 8.75. The van der Waals surface area contributed by atoms with Gasteiger partial charge in [-0.05, 0) is 12.1 Å². The molecule has 18 heavy (non-hydrogen) atoms. The number of amides is 1. The van der Waals surface area contributed by atoms with Crippen LogP contribution in [0.5, 0.6) is 0 Å². The number of nitrogens with zero attached hydrogens (tertiary/aromatic N) is 3. The predicted octanol–water partition coefficient (Wildman–Crippen LogP) is 1.15. The van der Waals surface area contributed by atoms with Gasteiger partial charge in [0.2, 0.25) is 5.91 Å². The highest BCUT2D eigenvalue weighted by atomic mass is 16.2. The fourth-order valence-corrected chi connectivity index (χ4v) is 1.98. The Morgan fingerprint density at radius 1 is 1.33 bits per heavy atom. The maximum absolute atomic E-state index is 11.7. The lowest BCUT2D eigenvalue weighted by molar-refractivity contribution is -0.115. The Labute approximate surface area is 103 Å². The van der Waals surface area contributed by atoms with Gasteiger partial charge in [-0.3, -0.25) is 4.79 Å². The topological polar surface area (TPSA) is 84.1 Å². The standard InChI is InChI=1S/C12H11N5O/c13-8-5-14-7-15-12(8)17-6-11(18)16-9-3-1-2-4-10(9)17/h1-5,7H,6,13H2,(H,16,18). The van der Waals surface area contributed by atoms with Crippen molar-refractivity contribution in [1.82, 2.24) is 9.97 Å². The van der Waals surface area contributed by atoms with Crippen molar-refractivity contribution in [2.75, 3.05) is 22.5 Å². The molecule has 0 fully saturated rings. The molecule has 1 aromatic carbocycles. The molecule has 1 aliphatic heterocycles. The summed E-state index contributed by atoms with van der Waals surface area (Å²) in [5, 5.41) is 2.81. The van der Waals surface area contributed by atoms with Gasteiger partial charge < -0.3 is 16.0 Å². The van der Waals surface area contributed by atoms with E-state index in [2.05, 4.69) is 15.3 Å². The first kappa shape index (κ1) is 10.5. The molecule has 0 atom stereocenters. The van der Waals surface area contributed by atoms with Crippen LogP contribution in [0.4, 0.5) is 22.9 Å². The van der Waals surface area contributed by atoms with E-state index in [4.69, 9.17) is 5.73 Å². The lowest BCUT2D eigenvalue weighted by Gasteiger charge is -2.30. The zero-order valence-electron chi connectivity index (χ0n) is 9.50. The molecule has 0 aliphatic carbocycles. The van der Waals surface area contributed by atoms with E-state index >= 15 is 0 Å². The van der Waals surface area contributed by atoms with Crippen LogP contribution in [0.2, 0.25) is 0 Å². The highest BCUT2D eigenvalue weighted by molar-refractivity contribution is 6.03. The number of carbonyl (C=O) groups is 1. The Kier molecular flexibility index (Phi) is 2.33. The summed E-state index contributed by atoms with van der Waals surface area (Å²) >= 11 is 0. The molecule has 6 nitrogen and oxygen atoms in total. The maximum Gasteiger partial charge on any atom is 0.244 e. The summed E-state index contributed by atoms with van der Waals surface area (Å²) < 4.78 is 0. The van der Waals surface area contributed by atoms with Gasteiger partial charge in [-0.1, -0.05) is 12.1 Å². The van der Waals surface area contributed by atoms with Crippen molar-refractivity contribution in [3.05, 3.63) is 36.8 Å². The van der Waals surface area contributed by atoms with Crippen LogP contribution in [0, 0.1) is 0 Å². The Balaban J connectivity index is 2.13. The van der Waals surface area contributed by atoms with Crippen LogP contribution in [0.3, 0.4) is 0 Å². The molecule has 0 saturated carbocycles. The van der Waals surface area contributed by atoms with Gasteiger partial charge in [0.1, 0.15) is 12.9 Å². The van der Waals surface area contributed by atoms with Crippen LogP contribution in [0.15, 0.2) is 36.8 Å². The minimum absolute atomic E-state index is 0.0910. The minimum Gasteiger partial charge on any atom is -0.394 e. The highest BCUT2D eigenvalue weighted by Gasteiger charge is 2.24. The van der Waals surface area contributed by atoms with E-state index in [1.807, 2.05) is 24.3 Å². The molecule has 0 radical (unpaired) electrons. The van der Waals surface area contributed by atoms with Crippen molar-refractivity contribution in [3.63, 3.8) is 0 Å². The number of aromatic nitrogens is 2. The molecule has 90 valence electrons. The molecule has 6 heteroatoms. The van der Waals surface area contributed by atoms with E-state index in [0.29, 0.717) is 11.5 Å². The first-order valence-electron chi connectivity index (χ1n) is 5.47. The van der Waals surface area contributed by atoms with E-state index in [1.165, 1.54) is 12.5 Å². The van der Waals surface area contributed by atoms with Crippen LogP contribution in [0.1, 0.15) is 0 Å². The molecule has 0 spiro atoms. The van der Waals surface area contributed by atoms with Gasteiger partial charge in [0.15, 0.2) is 5.82 Å². The third-order valence-corrected chi connectivity index (χ3v) is 2.74. The van der Waals surface area contributed by atoms with Gasteiger partial charge in [0.05, 0.1) is 23.3 Å². The number of nitrogens with one attached hydrogen (secondary N) is 1. The fraction of sp³-hybridized carbons (Fsp3) is 0.0833. The van der Waals surface area contributed by atoms with Crippen molar-refractivity contribution in [2.24, 2.45) is 0 Å². The zero-order chi connectivity index (χ0) is 12.5. The molecule has 3 N–H and O–H groups in total. The molecule has 0 unspecified atom stereocenters. The number of para-hydroxylation sites is 2. The normalized spacial score (nSPS) is 14.0. The fourth-order valence-electron chi connectivity index (χ4n) is 1.98. The summed E-state index contributed by atoms with van der Waals surface area (Å²) in [7, 11) is 0. The third-order valence-electron chi connectivity index (χ3n) is 2.74. The number of carbonyl (C=O) groups excluding carboxylic acids is 1. The second kappa shape index (κ2) is 3.99. The SMILES string of the molecule is Nc1cncnc1N1CC(=O)Nc2ccccc21. The van der Waals surface area contributed by atoms with Gasteiger partial charge in [0, 0.05) is 0 Å². The van der Waals surface area contributed by atoms with Gasteiger partial charge in [-0.2, -0.15) is 0 Å². The summed E-state index contributed by atoms with van der Waals surface area (Å²) in [4.78, 5) is 21.5. The average Bonchev–Trinajstić information content (AvgIpc) is 2.38. The largest absolute Gasteiger partial charge is 0.394 e. The molecule has 0 saturated heterocycles. The number of nitrogen functional groups attached to an aromatic ring is 1. The summed E-state index contributed by atoms with van der Waals surface area (Å²) in [6, 6.07) is 7.53. The number of fused-ring (bicyclic) bond motifs is 1. The zero-order valence-corrected chi connectivity index (χ0v) is 9.50. The van der Waals surface area contributed by atoms with Crippen LogP contribution in [-0.4, -0.2) is 22.4 Å². The maximum atomic E-state index is 11.7. The van der Waals surface area contributed by atoms with Gasteiger partial charge in [0.25, 0.3) is 0 Å². The molecule has 0 bridgehead atoms. The van der Waals surface area contributed by atoms with E-state index in [0.717, 1.165) is 11.4 Å². The molecular weight excluding hydrogens is 230 g/mol. The lowest BCUT2D eigenvalue weighted by Crippen LogP contribution is -2.35. The van der Waals surface area contributed by atoms with Crippen LogP contribution in [0.25, 0.3) is 0 Å². The average molecular weight is 241 g/mol. The number of rotatable bonds is 1. The van der Waals surface area contributed by atoms with E-state index in [1.54, 1.807) is 4.90 Å². The Morgan fingerprint density at radius 3 is 3.00 bits per heavy atom. The van der Waals surface area contributed by atoms with Crippen molar-refractivity contribution < 1.29 is 4.79 Å². The number of benzene rings is 1. The lowest BCUT2D eigenvalue weighted by atomic mass is 10.2. The Morgan fingerprint density at radius 2 is 2.17 bits per heavy atom. The van der Waals surface area contributed by atoms with Crippen LogP contribution in [-0.2, 0) is 4.79 Å².